The Kier molecular flexibility index (Phi) is 8.68. The third kappa shape index (κ3) is 6.83. The molecular formula is C24H33N7O7. The van der Waals surface area contributed by atoms with Crippen LogP contribution in [0.5, 0.6) is 0 Å². The van der Waals surface area contributed by atoms with E-state index in [1.165, 1.54) is 17.7 Å². The summed E-state index contributed by atoms with van der Waals surface area (Å²) in [6, 6.07) is 3.97. The molecule has 4 heterocycles. The number of anilines is 1. The second kappa shape index (κ2) is 11.6. The molecule has 0 aliphatic carbocycles. The number of piperidine rings is 1. The van der Waals surface area contributed by atoms with Crippen LogP contribution in [-0.4, -0.2) is 86.3 Å². The number of aryl methyl sites for hydroxylation is 2. The predicted octanol–water partition coefficient (Wildman–Crippen LogP) is 0.793. The number of aromatic nitrogens is 5. The number of hydrogen-bond acceptors (Lipinski definition) is 9. The molecule has 0 radical (unpaired) electrons. The van der Waals surface area contributed by atoms with E-state index in [0.717, 1.165) is 43.1 Å². The Morgan fingerprint density at radius 3 is 2.34 bits per heavy atom. The molecule has 3 aromatic heterocycles. The third-order valence-electron chi connectivity index (χ3n) is 6.54. The zero-order valence-electron chi connectivity index (χ0n) is 21.5. The van der Waals surface area contributed by atoms with Crippen molar-refractivity contribution in [3.05, 3.63) is 41.0 Å². The van der Waals surface area contributed by atoms with Crippen molar-refractivity contribution >= 4 is 29.4 Å². The number of fused-ring (bicyclic) bond motifs is 1. The molecule has 1 atom stereocenters. The zero-order chi connectivity index (χ0) is 28.2. The lowest BCUT2D eigenvalue weighted by atomic mass is 9.94. The molecule has 6 N–H and O–H groups in total. The molecule has 0 aromatic carbocycles. The van der Waals surface area contributed by atoms with Crippen molar-refractivity contribution in [1.29, 1.82) is 0 Å². The molecule has 14 nitrogen and oxygen atoms in total. The summed E-state index contributed by atoms with van der Waals surface area (Å²) in [7, 11) is 1.99. The number of carboxylic acid groups (broad SMARTS) is 3. The molecule has 1 aliphatic rings. The minimum atomic E-state index is -2.74. The summed E-state index contributed by atoms with van der Waals surface area (Å²) in [4.78, 5) is 37.8. The first-order chi connectivity index (χ1) is 17.8. The maximum Gasteiger partial charge on any atom is 0.336 e. The average Bonchev–Trinajstić information content (AvgIpc) is 3.35. The number of aliphatic hydroxyl groups is 1. The number of likely N-dealkylation sites (tertiary alicyclic amines) is 1. The number of carboxylic acids is 3. The van der Waals surface area contributed by atoms with Crippen LogP contribution in [0.4, 0.5) is 5.82 Å². The zero-order valence-corrected chi connectivity index (χ0v) is 21.5. The highest BCUT2D eigenvalue weighted by atomic mass is 16.4. The highest BCUT2D eigenvalue weighted by Crippen LogP contribution is 2.28. The fourth-order valence-electron chi connectivity index (χ4n) is 4.44. The summed E-state index contributed by atoms with van der Waals surface area (Å²) in [6.07, 6.45) is 2.02. The van der Waals surface area contributed by atoms with E-state index in [-0.39, 0.29) is 0 Å². The molecule has 0 saturated carbocycles. The van der Waals surface area contributed by atoms with E-state index in [2.05, 4.69) is 22.0 Å². The van der Waals surface area contributed by atoms with Gasteiger partial charge in [0.25, 0.3) is 0 Å². The molecule has 3 aromatic rings. The summed E-state index contributed by atoms with van der Waals surface area (Å²) in [6.45, 7) is 7.16. The quantitative estimate of drug-likeness (QED) is 0.273. The fraction of sp³-hybridized carbons (Fsp3) is 0.500. The molecule has 1 fully saturated rings. The Balaban J connectivity index is 0.000000263. The molecule has 1 aliphatic heterocycles. The molecule has 0 amide bonds. The summed E-state index contributed by atoms with van der Waals surface area (Å²) in [5, 5.41) is 42.6. The number of nitrogens with zero attached hydrogens (tertiary/aromatic N) is 6. The van der Waals surface area contributed by atoms with Crippen LogP contribution in [-0.2, 0) is 28.0 Å². The molecular weight excluding hydrogens is 498 g/mol. The van der Waals surface area contributed by atoms with Crippen LogP contribution in [0.2, 0.25) is 0 Å². The molecule has 1 saturated heterocycles. The third-order valence-corrected chi connectivity index (χ3v) is 6.54. The van der Waals surface area contributed by atoms with Crippen LogP contribution in [0.25, 0.3) is 5.65 Å². The largest absolute Gasteiger partial charge is 0.481 e. The topological polar surface area (TPSA) is 209 Å². The van der Waals surface area contributed by atoms with Gasteiger partial charge in [-0.3, -0.25) is 19.2 Å². The summed E-state index contributed by atoms with van der Waals surface area (Å²) >= 11 is 0. The lowest BCUT2D eigenvalue weighted by molar-refractivity contribution is -0.170. The van der Waals surface area contributed by atoms with Crippen LogP contribution in [0, 0.1) is 13.8 Å². The monoisotopic (exact) mass is 531 g/mol. The van der Waals surface area contributed by atoms with E-state index in [1.54, 1.807) is 4.52 Å². The van der Waals surface area contributed by atoms with E-state index >= 15 is 0 Å². The van der Waals surface area contributed by atoms with E-state index < -0.39 is 36.4 Å². The Bertz CT molecular complexity index is 1320. The van der Waals surface area contributed by atoms with Crippen molar-refractivity contribution in [2.45, 2.75) is 57.6 Å². The SMILES string of the molecule is Cc1cc2nc(C3CCCN(Cc4cnn(C)c4C)C3)cc(N)n2n1.O=C(O)CC(O)(CC(=O)O)C(=O)O. The van der Waals surface area contributed by atoms with Crippen LogP contribution >= 0.6 is 0 Å². The molecule has 0 spiro atoms. The van der Waals surface area contributed by atoms with Gasteiger partial charge in [0.15, 0.2) is 11.2 Å². The lowest BCUT2D eigenvalue weighted by Gasteiger charge is -2.32. The average molecular weight is 532 g/mol. The van der Waals surface area contributed by atoms with Crippen molar-refractivity contribution in [2.75, 3.05) is 18.8 Å². The second-order valence-corrected chi connectivity index (χ2v) is 9.59. The van der Waals surface area contributed by atoms with Gasteiger partial charge in [-0.1, -0.05) is 0 Å². The fourth-order valence-corrected chi connectivity index (χ4v) is 4.44. The molecule has 38 heavy (non-hydrogen) atoms. The summed E-state index contributed by atoms with van der Waals surface area (Å²) in [5.74, 6) is -3.95. The van der Waals surface area contributed by atoms with Gasteiger partial charge in [0.05, 0.1) is 30.4 Å². The Hall–Kier alpha value is -4.04. The molecule has 206 valence electrons. The molecule has 0 bridgehead atoms. The summed E-state index contributed by atoms with van der Waals surface area (Å²) in [5.41, 5.74) is 8.86. The first kappa shape index (κ1) is 28.5. The van der Waals surface area contributed by atoms with Crippen LogP contribution in [0.15, 0.2) is 18.3 Å². The molecule has 4 rings (SSSR count). The highest BCUT2D eigenvalue weighted by Gasteiger charge is 2.40. The number of carbonyl (C=O) groups is 3. The molecule has 1 unspecified atom stereocenters. The number of hydrogen-bond donors (Lipinski definition) is 5. The van der Waals surface area contributed by atoms with Gasteiger partial charge in [-0.15, -0.1) is 0 Å². The van der Waals surface area contributed by atoms with E-state index in [9.17, 15) is 14.4 Å². The minimum Gasteiger partial charge on any atom is -0.481 e. The Labute approximate surface area is 218 Å². The van der Waals surface area contributed by atoms with E-state index in [4.69, 9.17) is 31.1 Å². The first-order valence-electron chi connectivity index (χ1n) is 12.0. The lowest BCUT2D eigenvalue weighted by Crippen LogP contribution is -2.42. The smallest absolute Gasteiger partial charge is 0.336 e. The predicted molar refractivity (Wildman–Crippen MR) is 134 cm³/mol. The van der Waals surface area contributed by atoms with Crippen LogP contribution in [0.3, 0.4) is 0 Å². The van der Waals surface area contributed by atoms with E-state index in [1.807, 2.05) is 37.0 Å². The van der Waals surface area contributed by atoms with Gasteiger partial charge in [-0.05, 0) is 33.2 Å². The van der Waals surface area contributed by atoms with Crippen LogP contribution in [0.1, 0.15) is 54.2 Å². The maximum absolute atomic E-state index is 10.3. The van der Waals surface area contributed by atoms with Crippen molar-refractivity contribution in [3.8, 4) is 0 Å². The Morgan fingerprint density at radius 2 is 1.79 bits per heavy atom. The van der Waals surface area contributed by atoms with Gasteiger partial charge in [-0.2, -0.15) is 14.7 Å². The van der Waals surface area contributed by atoms with E-state index in [0.29, 0.717) is 11.7 Å². The number of aliphatic carboxylic acids is 3. The van der Waals surface area contributed by atoms with Gasteiger partial charge in [0.2, 0.25) is 0 Å². The highest BCUT2D eigenvalue weighted by molar-refractivity contribution is 5.88. The summed E-state index contributed by atoms with van der Waals surface area (Å²) < 4.78 is 3.66. The van der Waals surface area contributed by atoms with Gasteiger partial charge < -0.3 is 26.2 Å². The standard InChI is InChI=1S/C18H25N7.C6H8O7/c1-12-7-18-21-16(8-17(19)25(18)22-12)14-5-4-6-24(10-14)11-15-9-20-23(3)13(15)2;7-3(8)1-6(13,5(11)12)2-4(9)10/h7-9,14H,4-6,10-11,19H2,1-3H3;13H,1-2H2,(H,7,8)(H,9,10)(H,11,12). The Morgan fingerprint density at radius 1 is 1.13 bits per heavy atom. The maximum atomic E-state index is 10.3. The second-order valence-electron chi connectivity index (χ2n) is 9.59. The minimum absolute atomic E-state index is 0.410. The van der Waals surface area contributed by atoms with Crippen molar-refractivity contribution < 1.29 is 34.8 Å². The number of rotatable bonds is 8. The van der Waals surface area contributed by atoms with Gasteiger partial charge >= 0.3 is 17.9 Å². The number of nitrogens with two attached hydrogens (primary N) is 1. The van der Waals surface area contributed by atoms with Gasteiger partial charge in [-0.25, -0.2) is 9.78 Å². The van der Waals surface area contributed by atoms with Gasteiger partial charge in [0, 0.05) is 49.4 Å². The molecule has 14 heteroatoms. The van der Waals surface area contributed by atoms with Crippen molar-refractivity contribution in [2.24, 2.45) is 7.05 Å². The van der Waals surface area contributed by atoms with Crippen molar-refractivity contribution in [1.82, 2.24) is 29.3 Å². The van der Waals surface area contributed by atoms with Gasteiger partial charge in [0.1, 0.15) is 5.82 Å². The number of nitrogen functional groups attached to an aromatic ring is 1. The van der Waals surface area contributed by atoms with Crippen molar-refractivity contribution in [3.63, 3.8) is 0 Å². The first-order valence-corrected chi connectivity index (χ1v) is 12.0. The van der Waals surface area contributed by atoms with Crippen LogP contribution < -0.4 is 5.73 Å². The normalized spacial score (nSPS) is 16.2.